The van der Waals surface area contributed by atoms with Crippen LogP contribution in [0.3, 0.4) is 0 Å². The molecule has 2 aliphatic carbocycles. The summed E-state index contributed by atoms with van der Waals surface area (Å²) in [5.41, 5.74) is 1.57. The number of anilines is 1. The average Bonchev–Trinajstić information content (AvgIpc) is 3.51. The Morgan fingerprint density at radius 3 is 2.74 bits per heavy atom. The van der Waals surface area contributed by atoms with Crippen molar-refractivity contribution in [3.05, 3.63) is 64.7 Å². The zero-order chi connectivity index (χ0) is 35.3. The number of nitrogens with one attached hydrogen (secondary N) is 2. The minimum Gasteiger partial charge on any atom is -0.490 e. The number of carbonyl (C=O) groups is 2. The van der Waals surface area contributed by atoms with Gasteiger partial charge in [0.1, 0.15) is 11.9 Å². The first-order valence-corrected chi connectivity index (χ1v) is 19.5. The number of likely N-dealkylation sites (N-methyl/N-ethyl adjacent to an activating group) is 1. The molecule has 270 valence electrons. The number of carbonyl (C=O) groups excluding carboxylic acids is 2. The lowest BCUT2D eigenvalue weighted by Gasteiger charge is -2.46. The van der Waals surface area contributed by atoms with E-state index in [9.17, 15) is 18.0 Å². The predicted octanol–water partition coefficient (Wildman–Crippen LogP) is 4.81. The van der Waals surface area contributed by atoms with Crippen LogP contribution in [0.2, 0.25) is 5.02 Å². The van der Waals surface area contributed by atoms with E-state index >= 15 is 0 Å². The molecule has 3 heterocycles. The fourth-order valence-corrected chi connectivity index (χ4v) is 9.42. The van der Waals surface area contributed by atoms with Gasteiger partial charge in [0.25, 0.3) is 15.9 Å². The molecule has 3 aliphatic heterocycles. The van der Waals surface area contributed by atoms with Crippen LogP contribution < -0.4 is 19.7 Å². The maximum absolute atomic E-state index is 13.8. The van der Waals surface area contributed by atoms with Crippen LogP contribution in [0.25, 0.3) is 0 Å². The zero-order valence-electron chi connectivity index (χ0n) is 29.0. The van der Waals surface area contributed by atoms with E-state index in [0.29, 0.717) is 55.9 Å². The van der Waals surface area contributed by atoms with Crippen molar-refractivity contribution >= 4 is 39.3 Å². The third-order valence-electron chi connectivity index (χ3n) is 11.6. The lowest BCUT2D eigenvalue weighted by molar-refractivity contribution is -0.128. The van der Waals surface area contributed by atoms with E-state index in [1.54, 1.807) is 37.9 Å². The molecule has 1 saturated heterocycles. The van der Waals surface area contributed by atoms with Crippen LogP contribution in [0.5, 0.6) is 5.75 Å². The lowest BCUT2D eigenvalue weighted by atomic mass is 9.68. The van der Waals surface area contributed by atoms with Crippen molar-refractivity contribution in [1.82, 2.24) is 14.9 Å². The van der Waals surface area contributed by atoms with Gasteiger partial charge in [0.15, 0.2) is 0 Å². The summed E-state index contributed by atoms with van der Waals surface area (Å²) in [6.45, 7) is 6.43. The zero-order valence-corrected chi connectivity index (χ0v) is 30.5. The van der Waals surface area contributed by atoms with Crippen molar-refractivity contribution in [2.75, 3.05) is 51.4 Å². The van der Waals surface area contributed by atoms with Crippen molar-refractivity contribution < 1.29 is 32.2 Å². The molecule has 13 heteroatoms. The number of alkyl carbamates (subject to hydrolysis) is 1. The summed E-state index contributed by atoms with van der Waals surface area (Å²) in [5, 5.41) is 3.67. The van der Waals surface area contributed by atoms with Crippen molar-refractivity contribution in [3.8, 4) is 5.75 Å². The number of rotatable bonds is 2. The number of hydrogen-bond donors (Lipinski definition) is 2. The van der Waals surface area contributed by atoms with E-state index in [1.807, 2.05) is 18.2 Å². The van der Waals surface area contributed by atoms with Gasteiger partial charge >= 0.3 is 6.09 Å². The normalized spacial score (nSPS) is 31.2. The minimum absolute atomic E-state index is 0.00523. The number of hydrogen-bond acceptors (Lipinski definition) is 9. The van der Waals surface area contributed by atoms with E-state index in [0.717, 1.165) is 38.5 Å². The molecule has 2 fully saturated rings. The Balaban J connectivity index is 1.28. The highest BCUT2D eigenvalue weighted by Gasteiger charge is 2.45. The van der Waals surface area contributed by atoms with Gasteiger partial charge in [0, 0.05) is 42.6 Å². The molecule has 2 bridgehead atoms. The monoisotopic (exact) mass is 726 g/mol. The van der Waals surface area contributed by atoms with Crippen molar-refractivity contribution in [2.24, 2.45) is 11.8 Å². The Morgan fingerprint density at radius 2 is 1.98 bits per heavy atom. The van der Waals surface area contributed by atoms with Crippen LogP contribution >= 0.6 is 11.6 Å². The fourth-order valence-electron chi connectivity index (χ4n) is 8.10. The van der Waals surface area contributed by atoms with Gasteiger partial charge in [-0.3, -0.25) is 9.69 Å². The third kappa shape index (κ3) is 6.83. The van der Waals surface area contributed by atoms with E-state index < -0.39 is 33.7 Å². The summed E-state index contributed by atoms with van der Waals surface area (Å²) in [6, 6.07) is 10.9. The van der Waals surface area contributed by atoms with E-state index in [-0.39, 0.29) is 28.2 Å². The number of benzene rings is 2. The third-order valence-corrected chi connectivity index (χ3v) is 13.2. The van der Waals surface area contributed by atoms with Gasteiger partial charge in [-0.15, -0.1) is 0 Å². The topological polar surface area (TPSA) is 127 Å². The molecular weight excluding hydrogens is 680 g/mol. The van der Waals surface area contributed by atoms with Crippen LogP contribution in [0, 0.1) is 11.8 Å². The molecule has 5 atom stereocenters. The first kappa shape index (κ1) is 35.1. The maximum atomic E-state index is 13.8. The van der Waals surface area contributed by atoms with Crippen LogP contribution in [0.15, 0.2) is 53.4 Å². The summed E-state index contributed by atoms with van der Waals surface area (Å²) < 4.78 is 48.0. The Hall–Kier alpha value is -3.32. The SMILES string of the molecule is CN1C/C=C/[C@H](OC(=O)N[C@H]2CCOC2)[C@@H]2CC[C@H]2CN2C[C@@]3(CCCc4cc(Cl)ccc43)COc3ccc(cc32)S(=O)(=O)NC(=O)C1(C)C. The van der Waals surface area contributed by atoms with Crippen LogP contribution in [-0.2, 0) is 36.1 Å². The minimum atomic E-state index is -4.21. The number of amides is 2. The molecule has 50 heavy (non-hydrogen) atoms. The number of fused-ring (bicyclic) bond motifs is 4. The molecule has 7 rings (SSSR count). The molecule has 5 aliphatic rings. The van der Waals surface area contributed by atoms with Crippen LogP contribution in [0.4, 0.5) is 10.5 Å². The highest BCUT2D eigenvalue weighted by molar-refractivity contribution is 7.90. The highest BCUT2D eigenvalue weighted by Crippen LogP contribution is 2.47. The van der Waals surface area contributed by atoms with Gasteiger partial charge in [-0.05, 0) is 113 Å². The van der Waals surface area contributed by atoms with Gasteiger partial charge in [-0.25, -0.2) is 17.9 Å². The molecular formula is C37H47ClN4O7S. The number of nitrogens with zero attached hydrogens (tertiary/aromatic N) is 2. The fraction of sp³-hybridized carbons (Fsp3) is 0.568. The Bertz CT molecular complexity index is 1780. The van der Waals surface area contributed by atoms with Crippen LogP contribution in [-0.4, -0.2) is 89.5 Å². The van der Waals surface area contributed by atoms with E-state index in [1.165, 1.54) is 17.2 Å². The summed E-state index contributed by atoms with van der Waals surface area (Å²) >= 11 is 6.44. The number of sulfonamides is 1. The smallest absolute Gasteiger partial charge is 0.408 e. The number of halogens is 1. The molecule has 2 aromatic carbocycles. The molecule has 1 saturated carbocycles. The molecule has 0 radical (unpaired) electrons. The molecule has 2 amide bonds. The second kappa shape index (κ2) is 13.7. The molecule has 1 spiro atoms. The number of ether oxygens (including phenoxy) is 3. The average molecular weight is 727 g/mol. The van der Waals surface area contributed by atoms with E-state index in [2.05, 4.69) is 27.1 Å². The van der Waals surface area contributed by atoms with Gasteiger partial charge in [-0.2, -0.15) is 0 Å². The van der Waals surface area contributed by atoms with Crippen molar-refractivity contribution in [1.29, 1.82) is 0 Å². The first-order chi connectivity index (χ1) is 23.8. The molecule has 0 aromatic heterocycles. The van der Waals surface area contributed by atoms with Crippen molar-refractivity contribution in [2.45, 2.75) is 80.4 Å². The van der Waals surface area contributed by atoms with Gasteiger partial charge in [0.05, 0.1) is 35.4 Å². The lowest BCUT2D eigenvalue weighted by Crippen LogP contribution is -2.54. The molecule has 2 N–H and O–H groups in total. The van der Waals surface area contributed by atoms with Gasteiger partial charge < -0.3 is 24.4 Å². The first-order valence-electron chi connectivity index (χ1n) is 17.7. The Morgan fingerprint density at radius 1 is 1.14 bits per heavy atom. The molecule has 11 nitrogen and oxygen atoms in total. The molecule has 0 unspecified atom stereocenters. The standard InChI is InChI=1S/C37H47ClN4O7S/c1-36(2)34(43)40-50(45,46)28-10-13-33-31(19-28)42(22-37(23-48-33)15-4-6-24-18-26(38)9-12-30(24)37)20-25-8-11-29(25)32(7-5-16-41(36)3)49-35(44)39-27-14-17-47-21-27/h5,7,9-10,12-13,18-19,25,27,29,32H,4,6,8,11,14-17,20-23H2,1-3H3,(H,39,44)(H,40,43)/b7-5+/t25-,27-,29+,32-,37-/m0/s1. The second-order valence-electron chi connectivity index (χ2n) is 15.1. The maximum Gasteiger partial charge on any atom is 0.408 e. The summed E-state index contributed by atoms with van der Waals surface area (Å²) in [4.78, 5) is 30.7. The largest absolute Gasteiger partial charge is 0.490 e. The van der Waals surface area contributed by atoms with Gasteiger partial charge in [-0.1, -0.05) is 23.7 Å². The van der Waals surface area contributed by atoms with Gasteiger partial charge in [0.2, 0.25) is 0 Å². The second-order valence-corrected chi connectivity index (χ2v) is 17.2. The van der Waals surface area contributed by atoms with Crippen LogP contribution in [0.1, 0.15) is 57.1 Å². The summed E-state index contributed by atoms with van der Waals surface area (Å²) in [5.74, 6) is 0.144. The predicted molar refractivity (Wildman–Crippen MR) is 190 cm³/mol. The van der Waals surface area contributed by atoms with Crippen molar-refractivity contribution in [3.63, 3.8) is 0 Å². The quantitative estimate of drug-likeness (QED) is 0.420. The Labute approximate surface area is 299 Å². The summed E-state index contributed by atoms with van der Waals surface area (Å²) in [6.07, 6.45) is 8.24. The summed E-state index contributed by atoms with van der Waals surface area (Å²) in [7, 11) is -2.45. The highest BCUT2D eigenvalue weighted by atomic mass is 35.5. The molecule has 2 aromatic rings. The number of aryl methyl sites for hydroxylation is 1. The van der Waals surface area contributed by atoms with E-state index in [4.69, 9.17) is 25.8 Å². The Kier molecular flexibility index (Phi) is 9.59.